The van der Waals surface area contributed by atoms with Crippen molar-refractivity contribution in [3.63, 3.8) is 0 Å². The zero-order valence-electron chi connectivity index (χ0n) is 15.2. The monoisotopic (exact) mass is 494 g/mol. The molecule has 154 valence electrons. The number of nitrogens with zero attached hydrogens (tertiary/aromatic N) is 2. The Hall–Kier alpha value is -0.950. The fraction of sp³-hybridized carbons (Fsp3) is 0.375. The largest absolute Gasteiger partial charge is 1.00 e. The van der Waals surface area contributed by atoms with Gasteiger partial charge in [-0.2, -0.15) is 0 Å². The van der Waals surface area contributed by atoms with E-state index in [2.05, 4.69) is 48.1 Å². The van der Waals surface area contributed by atoms with Gasteiger partial charge in [-0.3, -0.25) is 9.97 Å². The molecule has 10 heteroatoms. The first kappa shape index (κ1) is 27.3. The SMILES string of the molecule is Cc1cc(C)nc(C)c1.Cc1cc(C)nc(C)c1.F[P-](F)(F)(F)(F)F.[Ag+]. The Morgan fingerprint density at radius 1 is 0.538 bits per heavy atom. The molecule has 0 spiro atoms. The zero-order chi connectivity index (χ0) is 20.1. The molecule has 26 heavy (non-hydrogen) atoms. The molecule has 0 aliphatic heterocycles. The van der Waals surface area contributed by atoms with E-state index in [1.807, 2.05) is 27.7 Å². The van der Waals surface area contributed by atoms with Gasteiger partial charge in [0.15, 0.2) is 0 Å². The summed E-state index contributed by atoms with van der Waals surface area (Å²) in [7, 11) is -10.7. The molecular weight excluding hydrogens is 473 g/mol. The summed E-state index contributed by atoms with van der Waals surface area (Å²) in [6.07, 6.45) is 0. The Bertz CT molecular complexity index is 571. The van der Waals surface area contributed by atoms with Crippen LogP contribution in [0.15, 0.2) is 24.3 Å². The second-order valence-corrected chi connectivity index (χ2v) is 7.73. The van der Waals surface area contributed by atoms with Crippen LogP contribution in [0.4, 0.5) is 25.2 Å². The van der Waals surface area contributed by atoms with E-state index in [9.17, 15) is 25.2 Å². The molecule has 0 amide bonds. The van der Waals surface area contributed by atoms with Gasteiger partial charge in [0.1, 0.15) is 0 Å². The summed E-state index contributed by atoms with van der Waals surface area (Å²) in [5.41, 5.74) is 7.00. The number of halogens is 6. The molecule has 0 aliphatic rings. The molecule has 0 bridgehead atoms. The fourth-order valence-corrected chi connectivity index (χ4v) is 2.09. The maximum absolute atomic E-state index is 10.7. The second kappa shape index (κ2) is 8.83. The predicted molar refractivity (Wildman–Crippen MR) is 90.5 cm³/mol. The number of aromatic nitrogens is 2. The third-order valence-electron chi connectivity index (χ3n) is 2.45. The van der Waals surface area contributed by atoms with Gasteiger partial charge in [-0.25, -0.2) is 0 Å². The van der Waals surface area contributed by atoms with Crippen LogP contribution in [-0.4, -0.2) is 9.97 Å². The summed E-state index contributed by atoms with van der Waals surface area (Å²) in [5, 5.41) is 0. The number of pyridine rings is 2. The Morgan fingerprint density at radius 2 is 0.692 bits per heavy atom. The topological polar surface area (TPSA) is 25.8 Å². The van der Waals surface area contributed by atoms with Gasteiger partial charge in [0.2, 0.25) is 0 Å². The summed E-state index contributed by atoms with van der Waals surface area (Å²) in [6.45, 7) is 12.2. The van der Waals surface area contributed by atoms with Crippen LogP contribution in [0.25, 0.3) is 0 Å². The minimum absolute atomic E-state index is 0. The summed E-state index contributed by atoms with van der Waals surface area (Å²) in [4.78, 5) is 8.47. The van der Waals surface area contributed by atoms with Crippen molar-refractivity contribution in [2.24, 2.45) is 0 Å². The molecule has 0 N–H and O–H groups in total. The van der Waals surface area contributed by atoms with Gasteiger partial charge in [0.25, 0.3) is 0 Å². The van der Waals surface area contributed by atoms with E-state index in [1.54, 1.807) is 0 Å². The maximum Gasteiger partial charge on any atom is 1.00 e. The summed E-state index contributed by atoms with van der Waals surface area (Å²) in [5.74, 6) is 0. The van der Waals surface area contributed by atoms with E-state index in [0.29, 0.717) is 0 Å². The van der Waals surface area contributed by atoms with Crippen molar-refractivity contribution in [2.75, 3.05) is 0 Å². The molecule has 2 aromatic heterocycles. The van der Waals surface area contributed by atoms with Gasteiger partial charge < -0.3 is 0 Å². The normalized spacial score (nSPS) is 12.9. The van der Waals surface area contributed by atoms with Crippen molar-refractivity contribution in [1.82, 2.24) is 9.97 Å². The Kier molecular flexibility index (Phi) is 9.26. The van der Waals surface area contributed by atoms with Gasteiger partial charge in [-0.05, 0) is 76.9 Å². The molecule has 0 atom stereocenters. The first-order chi connectivity index (χ1) is 10.8. The third kappa shape index (κ3) is 21.1. The summed E-state index contributed by atoms with van der Waals surface area (Å²) in [6, 6.07) is 8.31. The molecule has 0 aliphatic carbocycles. The molecule has 0 unspecified atom stereocenters. The minimum Gasteiger partial charge on any atom is 1.00 e. The van der Waals surface area contributed by atoms with E-state index in [1.165, 1.54) is 11.1 Å². The molecule has 2 rings (SSSR count). The Balaban J connectivity index is 0. The molecule has 2 aromatic rings. The number of rotatable bonds is 0. The van der Waals surface area contributed by atoms with E-state index >= 15 is 0 Å². The summed E-state index contributed by atoms with van der Waals surface area (Å²) >= 11 is 0. The molecule has 0 saturated heterocycles. The summed E-state index contributed by atoms with van der Waals surface area (Å²) < 4.78 is 59.2. The van der Waals surface area contributed by atoms with Crippen molar-refractivity contribution in [1.29, 1.82) is 0 Å². The molecule has 2 nitrogen and oxygen atoms in total. The first-order valence-electron chi connectivity index (χ1n) is 7.22. The van der Waals surface area contributed by atoms with Gasteiger partial charge >= 0.3 is 55.4 Å². The predicted octanol–water partition coefficient (Wildman–Crippen LogP) is 7.39. The maximum atomic E-state index is 9.87. The first-order valence-corrected chi connectivity index (χ1v) is 9.25. The van der Waals surface area contributed by atoms with Crippen LogP contribution < -0.4 is 0 Å². The minimum atomic E-state index is -10.7. The molecule has 0 radical (unpaired) electrons. The molecule has 0 aromatic carbocycles. The molecule has 0 fully saturated rings. The Labute approximate surface area is 165 Å². The van der Waals surface area contributed by atoms with E-state index < -0.39 is 7.81 Å². The van der Waals surface area contributed by atoms with E-state index in [-0.39, 0.29) is 22.4 Å². The van der Waals surface area contributed by atoms with E-state index in [0.717, 1.165) is 22.8 Å². The molecular formula is C16H22AgF6N2P. The standard InChI is InChI=1S/2C8H11N.Ag.F6P/c2*1-6-4-7(2)9-8(3)5-6;;1-7(2,3,4,5)6/h2*4-5H,1-3H3;;/q;;+1;-1. The van der Waals surface area contributed by atoms with Crippen molar-refractivity contribution < 1.29 is 47.6 Å². The van der Waals surface area contributed by atoms with Gasteiger partial charge in [-0.1, -0.05) is 0 Å². The quantitative estimate of drug-likeness (QED) is 0.216. The average molecular weight is 495 g/mol. The average Bonchev–Trinajstić information content (AvgIpc) is 2.19. The fourth-order valence-electron chi connectivity index (χ4n) is 2.09. The number of hydrogen-bond donors (Lipinski definition) is 0. The van der Waals surface area contributed by atoms with Crippen LogP contribution >= 0.6 is 7.81 Å². The van der Waals surface area contributed by atoms with Gasteiger partial charge in [0, 0.05) is 22.8 Å². The molecule has 2 heterocycles. The zero-order valence-corrected chi connectivity index (χ0v) is 17.6. The number of hydrogen-bond acceptors (Lipinski definition) is 2. The van der Waals surface area contributed by atoms with Crippen molar-refractivity contribution in [3.8, 4) is 0 Å². The van der Waals surface area contributed by atoms with E-state index in [4.69, 9.17) is 0 Å². The van der Waals surface area contributed by atoms with Crippen LogP contribution in [0.2, 0.25) is 0 Å². The Morgan fingerprint density at radius 3 is 0.808 bits per heavy atom. The van der Waals surface area contributed by atoms with Gasteiger partial charge in [0.05, 0.1) is 0 Å². The van der Waals surface area contributed by atoms with Crippen LogP contribution in [0.3, 0.4) is 0 Å². The smallest absolute Gasteiger partial charge is 1.00 e. The van der Waals surface area contributed by atoms with Crippen LogP contribution in [0.5, 0.6) is 0 Å². The van der Waals surface area contributed by atoms with Crippen LogP contribution in [0.1, 0.15) is 33.9 Å². The number of aryl methyl sites for hydroxylation is 6. The second-order valence-electron chi connectivity index (χ2n) is 5.81. The van der Waals surface area contributed by atoms with Crippen molar-refractivity contribution >= 4 is 7.81 Å². The van der Waals surface area contributed by atoms with Crippen molar-refractivity contribution in [2.45, 2.75) is 41.5 Å². The van der Waals surface area contributed by atoms with Crippen molar-refractivity contribution in [3.05, 3.63) is 58.2 Å². The van der Waals surface area contributed by atoms with Gasteiger partial charge in [-0.15, -0.1) is 0 Å². The van der Waals surface area contributed by atoms with Crippen LogP contribution in [0, 0.1) is 41.5 Å². The molecule has 0 saturated carbocycles. The third-order valence-corrected chi connectivity index (χ3v) is 2.45. The van der Waals surface area contributed by atoms with Crippen LogP contribution in [-0.2, 0) is 22.4 Å².